The lowest BCUT2D eigenvalue weighted by Crippen LogP contribution is -2.48. The average Bonchev–Trinajstić information content (AvgIpc) is 2.37. The zero-order chi connectivity index (χ0) is 15.5. The highest BCUT2D eigenvalue weighted by Gasteiger charge is 2.35. The maximum absolute atomic E-state index is 11.3. The van der Waals surface area contributed by atoms with Gasteiger partial charge in [0.2, 0.25) is 0 Å². The van der Waals surface area contributed by atoms with Crippen molar-refractivity contribution in [2.75, 3.05) is 7.05 Å². The van der Waals surface area contributed by atoms with Crippen molar-refractivity contribution < 1.29 is 14.6 Å². The second kappa shape index (κ2) is 6.27. The first kappa shape index (κ1) is 16.5. The molecular formula is C16H25NO3. The van der Waals surface area contributed by atoms with Crippen LogP contribution in [0, 0.1) is 0 Å². The fourth-order valence-electron chi connectivity index (χ4n) is 1.96. The van der Waals surface area contributed by atoms with Gasteiger partial charge in [-0.2, -0.15) is 0 Å². The Hall–Kier alpha value is -1.55. The molecular weight excluding hydrogens is 254 g/mol. The molecule has 4 nitrogen and oxygen atoms in total. The van der Waals surface area contributed by atoms with Gasteiger partial charge in [0.15, 0.2) is 0 Å². The quantitative estimate of drug-likeness (QED) is 0.867. The van der Waals surface area contributed by atoms with E-state index in [1.807, 2.05) is 57.0 Å². The van der Waals surface area contributed by atoms with Gasteiger partial charge in [0.1, 0.15) is 11.3 Å². The summed E-state index contributed by atoms with van der Waals surface area (Å²) in [6.45, 7) is 9.40. The first-order valence-corrected chi connectivity index (χ1v) is 6.89. The van der Waals surface area contributed by atoms with E-state index in [4.69, 9.17) is 4.74 Å². The molecule has 1 aromatic carbocycles. The summed E-state index contributed by atoms with van der Waals surface area (Å²) in [5.74, 6) is 0.00251. The van der Waals surface area contributed by atoms with E-state index >= 15 is 0 Å². The number of ether oxygens (including phenoxy) is 1. The van der Waals surface area contributed by atoms with Gasteiger partial charge in [0.25, 0.3) is 0 Å². The van der Waals surface area contributed by atoms with Crippen molar-refractivity contribution in [2.45, 2.75) is 52.3 Å². The maximum atomic E-state index is 11.3. The van der Waals surface area contributed by atoms with Crippen molar-refractivity contribution in [3.63, 3.8) is 0 Å². The van der Waals surface area contributed by atoms with Crippen LogP contribution >= 0.6 is 0 Å². The van der Waals surface area contributed by atoms with Crippen molar-refractivity contribution >= 4 is 5.97 Å². The Morgan fingerprint density at radius 2 is 1.70 bits per heavy atom. The standard InChI is InChI=1S/C16H25NO3/c1-11(2)20-14-9-7-13(8-10-14)12(3)17(6)16(4,5)15(18)19/h7-12H,1-6H3,(H,18,19). The van der Waals surface area contributed by atoms with E-state index in [1.54, 1.807) is 13.8 Å². The Morgan fingerprint density at radius 1 is 1.20 bits per heavy atom. The number of rotatable bonds is 6. The summed E-state index contributed by atoms with van der Waals surface area (Å²) in [5.41, 5.74) is 0.157. The molecule has 0 aliphatic heterocycles. The van der Waals surface area contributed by atoms with Crippen LogP contribution in [0.25, 0.3) is 0 Å². The van der Waals surface area contributed by atoms with Crippen LogP contribution in [0.15, 0.2) is 24.3 Å². The molecule has 0 saturated carbocycles. The Kier molecular flexibility index (Phi) is 5.17. The van der Waals surface area contributed by atoms with E-state index < -0.39 is 11.5 Å². The zero-order valence-electron chi connectivity index (χ0n) is 13.2. The third kappa shape index (κ3) is 3.73. The van der Waals surface area contributed by atoms with E-state index in [0.717, 1.165) is 11.3 Å². The number of carboxylic acid groups (broad SMARTS) is 1. The summed E-state index contributed by atoms with van der Waals surface area (Å²) in [7, 11) is 1.83. The van der Waals surface area contributed by atoms with Crippen LogP contribution < -0.4 is 4.74 Å². The van der Waals surface area contributed by atoms with Gasteiger partial charge in [-0.15, -0.1) is 0 Å². The molecule has 0 amide bonds. The lowest BCUT2D eigenvalue weighted by atomic mass is 9.98. The number of aliphatic carboxylic acids is 1. The Bertz CT molecular complexity index is 451. The zero-order valence-corrected chi connectivity index (χ0v) is 13.2. The molecule has 0 spiro atoms. The van der Waals surface area contributed by atoms with Crippen molar-refractivity contribution in [3.05, 3.63) is 29.8 Å². The normalized spacial score (nSPS) is 13.6. The molecule has 1 aromatic rings. The predicted molar refractivity (Wildman–Crippen MR) is 80.1 cm³/mol. The number of benzene rings is 1. The van der Waals surface area contributed by atoms with E-state index in [2.05, 4.69) is 0 Å². The third-order valence-electron chi connectivity index (χ3n) is 3.72. The summed E-state index contributed by atoms with van der Waals surface area (Å²) in [6, 6.07) is 7.82. The van der Waals surface area contributed by atoms with Crippen molar-refractivity contribution in [2.24, 2.45) is 0 Å². The number of hydrogen-bond donors (Lipinski definition) is 1. The summed E-state index contributed by atoms with van der Waals surface area (Å²) < 4.78 is 5.61. The van der Waals surface area contributed by atoms with Crippen LogP contribution in [-0.2, 0) is 4.79 Å². The minimum absolute atomic E-state index is 0.00852. The van der Waals surface area contributed by atoms with Gasteiger partial charge in [0, 0.05) is 6.04 Å². The second-order valence-corrected chi connectivity index (χ2v) is 5.89. The third-order valence-corrected chi connectivity index (χ3v) is 3.72. The molecule has 1 N–H and O–H groups in total. The minimum atomic E-state index is -0.910. The minimum Gasteiger partial charge on any atom is -0.491 e. The van der Waals surface area contributed by atoms with E-state index in [0.29, 0.717) is 0 Å². The molecule has 1 atom stereocenters. The molecule has 0 aliphatic rings. The lowest BCUT2D eigenvalue weighted by Gasteiger charge is -2.36. The van der Waals surface area contributed by atoms with Crippen LogP contribution in [0.5, 0.6) is 5.75 Å². The molecule has 0 saturated heterocycles. The van der Waals surface area contributed by atoms with Crippen molar-refractivity contribution in [3.8, 4) is 5.75 Å². The van der Waals surface area contributed by atoms with Gasteiger partial charge >= 0.3 is 5.97 Å². The average molecular weight is 279 g/mol. The molecule has 1 unspecified atom stereocenters. The number of likely N-dealkylation sites (N-methyl/N-ethyl adjacent to an activating group) is 1. The predicted octanol–water partition coefficient (Wildman–Crippen LogP) is 3.33. The van der Waals surface area contributed by atoms with E-state index in [-0.39, 0.29) is 12.1 Å². The van der Waals surface area contributed by atoms with Gasteiger partial charge in [-0.25, -0.2) is 0 Å². The van der Waals surface area contributed by atoms with Crippen LogP contribution in [0.3, 0.4) is 0 Å². The molecule has 112 valence electrons. The highest BCUT2D eigenvalue weighted by atomic mass is 16.5. The number of carbonyl (C=O) groups is 1. The van der Waals surface area contributed by atoms with Crippen molar-refractivity contribution in [1.82, 2.24) is 4.90 Å². The van der Waals surface area contributed by atoms with Gasteiger partial charge in [0.05, 0.1) is 6.10 Å². The lowest BCUT2D eigenvalue weighted by molar-refractivity contribution is -0.149. The molecule has 0 aromatic heterocycles. The van der Waals surface area contributed by atoms with E-state index in [1.165, 1.54) is 0 Å². The monoisotopic (exact) mass is 279 g/mol. The summed E-state index contributed by atoms with van der Waals surface area (Å²) in [4.78, 5) is 13.2. The van der Waals surface area contributed by atoms with Gasteiger partial charge < -0.3 is 9.84 Å². The summed E-state index contributed by atoms with van der Waals surface area (Å²) in [5, 5.41) is 9.29. The van der Waals surface area contributed by atoms with Gasteiger partial charge in [-0.3, -0.25) is 9.69 Å². The first-order chi connectivity index (χ1) is 9.16. The largest absolute Gasteiger partial charge is 0.491 e. The molecule has 1 rings (SSSR count). The Labute approximate surface area is 121 Å². The van der Waals surface area contributed by atoms with Gasteiger partial charge in [-0.1, -0.05) is 12.1 Å². The topological polar surface area (TPSA) is 49.8 Å². The number of carboxylic acids is 1. The molecule has 0 aliphatic carbocycles. The first-order valence-electron chi connectivity index (χ1n) is 6.89. The second-order valence-electron chi connectivity index (χ2n) is 5.89. The number of hydrogen-bond acceptors (Lipinski definition) is 3. The molecule has 0 radical (unpaired) electrons. The Balaban J connectivity index is 2.87. The van der Waals surface area contributed by atoms with Crippen molar-refractivity contribution in [1.29, 1.82) is 0 Å². The maximum Gasteiger partial charge on any atom is 0.323 e. The fourth-order valence-corrected chi connectivity index (χ4v) is 1.96. The summed E-state index contributed by atoms with van der Waals surface area (Å²) >= 11 is 0. The fraction of sp³-hybridized carbons (Fsp3) is 0.562. The smallest absolute Gasteiger partial charge is 0.323 e. The van der Waals surface area contributed by atoms with Gasteiger partial charge in [-0.05, 0) is 59.4 Å². The SMILES string of the molecule is CC(C)Oc1ccc(C(C)N(C)C(C)(C)C(=O)O)cc1. The molecule has 0 fully saturated rings. The highest BCUT2D eigenvalue weighted by molar-refractivity contribution is 5.77. The van der Waals surface area contributed by atoms with Crippen LogP contribution in [-0.4, -0.2) is 34.7 Å². The van der Waals surface area contributed by atoms with Crippen LogP contribution in [0.2, 0.25) is 0 Å². The Morgan fingerprint density at radius 3 is 2.10 bits per heavy atom. The van der Waals surface area contributed by atoms with Crippen LogP contribution in [0.4, 0.5) is 0 Å². The van der Waals surface area contributed by atoms with Crippen LogP contribution in [0.1, 0.15) is 46.2 Å². The molecule has 0 bridgehead atoms. The summed E-state index contributed by atoms with van der Waals surface area (Å²) in [6.07, 6.45) is 0.145. The number of nitrogens with zero attached hydrogens (tertiary/aromatic N) is 1. The molecule has 4 heteroatoms. The molecule has 20 heavy (non-hydrogen) atoms. The molecule has 0 heterocycles. The highest BCUT2D eigenvalue weighted by Crippen LogP contribution is 2.27. The van der Waals surface area contributed by atoms with E-state index in [9.17, 15) is 9.90 Å².